The second-order valence-electron chi connectivity index (χ2n) is 3.69. The van der Waals surface area contributed by atoms with Crippen LogP contribution in [0.3, 0.4) is 0 Å². The minimum atomic E-state index is -0.726. The molecule has 0 spiro atoms. The molecule has 0 N–H and O–H groups in total. The summed E-state index contributed by atoms with van der Waals surface area (Å²) in [5.74, 6) is -1.43. The lowest BCUT2D eigenvalue weighted by atomic mass is 10.1. The molecule has 2 rings (SSSR count). The number of pyridine rings is 1. The Hall–Kier alpha value is -0.620. The number of benzene rings is 1. The van der Waals surface area contributed by atoms with E-state index in [2.05, 4.69) is 20.9 Å². The van der Waals surface area contributed by atoms with Gasteiger partial charge in [-0.05, 0) is 28.9 Å². The van der Waals surface area contributed by atoms with E-state index in [0.717, 1.165) is 0 Å². The van der Waals surface area contributed by atoms with Crippen LogP contribution in [-0.4, -0.2) is 17.6 Å². The van der Waals surface area contributed by atoms with E-state index in [9.17, 15) is 9.18 Å². The molecule has 2 aromatic rings. The zero-order valence-electron chi connectivity index (χ0n) is 9.94. The van der Waals surface area contributed by atoms with E-state index in [4.69, 9.17) is 39.5 Å². The molecular formula is C12H6BrCl3FNO2. The molecule has 0 aliphatic carbocycles. The molecule has 1 aromatic heterocycles. The van der Waals surface area contributed by atoms with Crippen molar-refractivity contribution in [3.05, 3.63) is 37.1 Å². The molecule has 106 valence electrons. The maximum absolute atomic E-state index is 14.1. The highest BCUT2D eigenvalue weighted by atomic mass is 79.9. The van der Waals surface area contributed by atoms with Gasteiger partial charge in [-0.3, -0.25) is 0 Å². The van der Waals surface area contributed by atoms with Crippen molar-refractivity contribution < 1.29 is 13.9 Å². The molecule has 0 aliphatic heterocycles. The monoisotopic (exact) mass is 399 g/mol. The standard InChI is InChI=1S/C12H6BrCl3FNO2/c1-2-20-12(19)6-8(15)4-3-5(14)7(13)9(17)10(4)18-11(6)16/h3H,2H2,1H3. The molecule has 0 saturated carbocycles. The van der Waals surface area contributed by atoms with E-state index in [1.807, 2.05) is 0 Å². The highest BCUT2D eigenvalue weighted by Crippen LogP contribution is 2.38. The van der Waals surface area contributed by atoms with Crippen molar-refractivity contribution in [3.63, 3.8) is 0 Å². The van der Waals surface area contributed by atoms with Gasteiger partial charge in [0.15, 0.2) is 5.82 Å². The lowest BCUT2D eigenvalue weighted by Crippen LogP contribution is -2.08. The molecule has 0 unspecified atom stereocenters. The topological polar surface area (TPSA) is 39.2 Å². The molecule has 0 saturated heterocycles. The summed E-state index contributed by atoms with van der Waals surface area (Å²) in [5, 5.41) is 0.0153. The fourth-order valence-electron chi connectivity index (χ4n) is 1.62. The Balaban J connectivity index is 2.82. The first-order chi connectivity index (χ1) is 9.38. The van der Waals surface area contributed by atoms with Gasteiger partial charge in [0.2, 0.25) is 0 Å². The maximum Gasteiger partial charge on any atom is 0.342 e. The third-order valence-corrected chi connectivity index (χ3v) is 4.46. The van der Waals surface area contributed by atoms with Crippen molar-refractivity contribution >= 4 is 67.6 Å². The molecular weight excluding hydrogens is 395 g/mol. The quantitative estimate of drug-likeness (QED) is 0.391. The summed E-state index contributed by atoms with van der Waals surface area (Å²) in [7, 11) is 0. The molecule has 0 amide bonds. The average molecular weight is 401 g/mol. The van der Waals surface area contributed by atoms with Gasteiger partial charge in [0.25, 0.3) is 0 Å². The molecule has 0 bridgehead atoms. The number of hydrogen-bond donors (Lipinski definition) is 0. The number of aromatic nitrogens is 1. The smallest absolute Gasteiger partial charge is 0.342 e. The molecule has 0 radical (unpaired) electrons. The Kier molecular flexibility index (Phi) is 4.74. The first kappa shape index (κ1) is 15.8. The lowest BCUT2D eigenvalue weighted by Gasteiger charge is -2.10. The van der Waals surface area contributed by atoms with Crippen molar-refractivity contribution in [2.45, 2.75) is 6.92 Å². The number of rotatable bonds is 2. The molecule has 1 heterocycles. The predicted octanol–water partition coefficient (Wildman–Crippen LogP) is 5.27. The zero-order valence-corrected chi connectivity index (χ0v) is 13.8. The van der Waals surface area contributed by atoms with Crippen LogP contribution in [0.4, 0.5) is 4.39 Å². The summed E-state index contributed by atoms with van der Waals surface area (Å²) in [4.78, 5) is 15.7. The summed E-state index contributed by atoms with van der Waals surface area (Å²) in [6.07, 6.45) is 0. The number of carbonyl (C=O) groups is 1. The van der Waals surface area contributed by atoms with Crippen LogP contribution in [0.2, 0.25) is 15.2 Å². The number of carbonyl (C=O) groups excluding carboxylic acids is 1. The Morgan fingerprint density at radius 2 is 2.10 bits per heavy atom. The third kappa shape index (κ3) is 2.60. The van der Waals surface area contributed by atoms with E-state index in [1.54, 1.807) is 6.92 Å². The van der Waals surface area contributed by atoms with Crippen LogP contribution in [0, 0.1) is 5.82 Å². The van der Waals surface area contributed by atoms with E-state index in [-0.39, 0.29) is 42.7 Å². The van der Waals surface area contributed by atoms with Gasteiger partial charge in [-0.2, -0.15) is 0 Å². The molecule has 0 atom stereocenters. The molecule has 20 heavy (non-hydrogen) atoms. The molecule has 8 heteroatoms. The minimum absolute atomic E-state index is 0.0493. The highest BCUT2D eigenvalue weighted by molar-refractivity contribution is 9.10. The van der Waals surface area contributed by atoms with Crippen molar-refractivity contribution in [2.75, 3.05) is 6.61 Å². The van der Waals surface area contributed by atoms with Crippen LogP contribution in [-0.2, 0) is 4.74 Å². The minimum Gasteiger partial charge on any atom is -0.462 e. The Bertz CT molecular complexity index is 724. The van der Waals surface area contributed by atoms with E-state index < -0.39 is 11.8 Å². The Labute approximate surface area is 137 Å². The maximum atomic E-state index is 14.1. The number of halogens is 5. The zero-order chi connectivity index (χ0) is 15.0. The van der Waals surface area contributed by atoms with Gasteiger partial charge in [-0.15, -0.1) is 0 Å². The largest absolute Gasteiger partial charge is 0.462 e. The molecule has 3 nitrogen and oxygen atoms in total. The van der Waals surface area contributed by atoms with Gasteiger partial charge in [-0.25, -0.2) is 14.2 Å². The van der Waals surface area contributed by atoms with Gasteiger partial charge in [0, 0.05) is 5.39 Å². The van der Waals surface area contributed by atoms with Gasteiger partial charge in [0.05, 0.1) is 21.1 Å². The fraction of sp³-hybridized carbons (Fsp3) is 0.167. The summed E-state index contributed by atoms with van der Waals surface area (Å²) in [6, 6.07) is 1.40. The van der Waals surface area contributed by atoms with Crippen LogP contribution >= 0.6 is 50.7 Å². The number of ether oxygens (including phenoxy) is 1. The second-order valence-corrected chi connectivity index (χ2v) is 5.63. The highest BCUT2D eigenvalue weighted by Gasteiger charge is 2.23. The van der Waals surface area contributed by atoms with Gasteiger partial charge >= 0.3 is 5.97 Å². The van der Waals surface area contributed by atoms with Crippen LogP contribution in [0.5, 0.6) is 0 Å². The van der Waals surface area contributed by atoms with E-state index in [1.165, 1.54) is 6.07 Å². The first-order valence-electron chi connectivity index (χ1n) is 5.37. The van der Waals surface area contributed by atoms with Crippen LogP contribution in [0.25, 0.3) is 10.9 Å². The van der Waals surface area contributed by atoms with Crippen molar-refractivity contribution in [2.24, 2.45) is 0 Å². The average Bonchev–Trinajstić information content (AvgIpc) is 2.38. The number of esters is 1. The number of nitrogens with zero attached hydrogens (tertiary/aromatic N) is 1. The normalized spacial score (nSPS) is 10.9. The Morgan fingerprint density at radius 1 is 1.45 bits per heavy atom. The van der Waals surface area contributed by atoms with Crippen LogP contribution in [0.1, 0.15) is 17.3 Å². The van der Waals surface area contributed by atoms with Crippen molar-refractivity contribution in [1.82, 2.24) is 4.98 Å². The van der Waals surface area contributed by atoms with Gasteiger partial charge in [0.1, 0.15) is 16.2 Å². The van der Waals surface area contributed by atoms with E-state index >= 15 is 0 Å². The van der Waals surface area contributed by atoms with Gasteiger partial charge in [-0.1, -0.05) is 34.8 Å². The lowest BCUT2D eigenvalue weighted by molar-refractivity contribution is 0.0526. The van der Waals surface area contributed by atoms with Crippen LogP contribution < -0.4 is 0 Å². The SMILES string of the molecule is CCOC(=O)c1c(Cl)nc2c(F)c(Br)c(Cl)cc2c1Cl. The number of hydrogen-bond acceptors (Lipinski definition) is 3. The summed E-state index contributed by atoms with van der Waals surface area (Å²) < 4.78 is 19.0. The molecule has 0 fully saturated rings. The second kappa shape index (κ2) is 6.02. The summed E-state index contributed by atoms with van der Waals surface area (Å²) >= 11 is 20.9. The van der Waals surface area contributed by atoms with E-state index in [0.29, 0.717) is 0 Å². The van der Waals surface area contributed by atoms with Crippen LogP contribution in [0.15, 0.2) is 10.5 Å². The Morgan fingerprint density at radius 3 is 2.70 bits per heavy atom. The third-order valence-electron chi connectivity index (χ3n) is 2.49. The number of fused-ring (bicyclic) bond motifs is 1. The van der Waals surface area contributed by atoms with Crippen molar-refractivity contribution in [1.29, 1.82) is 0 Å². The van der Waals surface area contributed by atoms with Gasteiger partial charge < -0.3 is 4.74 Å². The van der Waals surface area contributed by atoms with Crippen molar-refractivity contribution in [3.8, 4) is 0 Å². The molecule has 1 aromatic carbocycles. The molecule has 0 aliphatic rings. The summed E-state index contributed by atoms with van der Waals surface area (Å²) in [5.41, 5.74) is -0.190. The predicted molar refractivity (Wildman–Crippen MR) is 80.4 cm³/mol. The summed E-state index contributed by atoms with van der Waals surface area (Å²) in [6.45, 7) is 1.79. The fourth-order valence-corrected chi connectivity index (χ4v) is 2.73. The first-order valence-corrected chi connectivity index (χ1v) is 7.30.